The highest BCUT2D eigenvalue weighted by Crippen LogP contribution is 2.20. The maximum absolute atomic E-state index is 13.5. The van der Waals surface area contributed by atoms with Crippen molar-refractivity contribution in [3.05, 3.63) is 35.8 Å². The molecule has 164 valence electrons. The number of aliphatic imine (C=N–C) groups is 1. The van der Waals surface area contributed by atoms with Gasteiger partial charge in [0.2, 0.25) is 5.91 Å². The summed E-state index contributed by atoms with van der Waals surface area (Å²) in [5, 5.41) is 7.76. The SMILES string of the molecule is CCC(CC)C(=O)N1CCC(NC(=NC)NCCc2c[nH]c3ccc(F)cc23)CC1. The average molecular weight is 416 g/mol. The minimum atomic E-state index is -0.220. The molecule has 0 saturated carbocycles. The first-order chi connectivity index (χ1) is 14.5. The summed E-state index contributed by atoms with van der Waals surface area (Å²) in [6.45, 7) is 6.47. The lowest BCUT2D eigenvalue weighted by atomic mass is 9.98. The van der Waals surface area contributed by atoms with E-state index in [9.17, 15) is 9.18 Å². The Morgan fingerprint density at radius 3 is 2.70 bits per heavy atom. The number of carbonyl (C=O) groups excluding carboxylic acids is 1. The number of nitrogens with zero attached hydrogens (tertiary/aromatic N) is 2. The summed E-state index contributed by atoms with van der Waals surface area (Å²) in [4.78, 5) is 22.1. The van der Waals surface area contributed by atoms with E-state index >= 15 is 0 Å². The molecular weight excluding hydrogens is 381 g/mol. The normalized spacial score (nSPS) is 15.8. The number of nitrogens with one attached hydrogen (secondary N) is 3. The Hall–Kier alpha value is -2.57. The van der Waals surface area contributed by atoms with Gasteiger partial charge in [0, 0.05) is 55.7 Å². The highest BCUT2D eigenvalue weighted by atomic mass is 19.1. The van der Waals surface area contributed by atoms with Gasteiger partial charge in [-0.25, -0.2) is 4.39 Å². The van der Waals surface area contributed by atoms with Gasteiger partial charge in [-0.3, -0.25) is 9.79 Å². The molecule has 1 fully saturated rings. The molecule has 7 heteroatoms. The zero-order valence-corrected chi connectivity index (χ0v) is 18.3. The molecule has 3 N–H and O–H groups in total. The van der Waals surface area contributed by atoms with E-state index in [2.05, 4.69) is 34.5 Å². The first-order valence-electron chi connectivity index (χ1n) is 11.1. The molecule has 0 radical (unpaired) electrons. The van der Waals surface area contributed by atoms with Gasteiger partial charge < -0.3 is 20.5 Å². The second-order valence-electron chi connectivity index (χ2n) is 8.01. The third kappa shape index (κ3) is 5.32. The molecule has 1 amide bonds. The summed E-state index contributed by atoms with van der Waals surface area (Å²) in [6, 6.07) is 5.12. The lowest BCUT2D eigenvalue weighted by Crippen LogP contribution is -2.50. The molecule has 0 spiro atoms. The number of piperidine rings is 1. The maximum Gasteiger partial charge on any atom is 0.225 e. The first kappa shape index (κ1) is 22.1. The highest BCUT2D eigenvalue weighted by Gasteiger charge is 2.26. The van der Waals surface area contributed by atoms with Gasteiger partial charge in [-0.15, -0.1) is 0 Å². The third-order valence-electron chi connectivity index (χ3n) is 6.12. The lowest BCUT2D eigenvalue weighted by molar-refractivity contribution is -0.136. The molecule has 1 aromatic heterocycles. The van der Waals surface area contributed by atoms with E-state index in [-0.39, 0.29) is 11.7 Å². The van der Waals surface area contributed by atoms with Crippen LogP contribution in [0.4, 0.5) is 4.39 Å². The predicted octanol–water partition coefficient (Wildman–Crippen LogP) is 3.44. The van der Waals surface area contributed by atoms with Crippen molar-refractivity contribution in [3.63, 3.8) is 0 Å². The van der Waals surface area contributed by atoms with Crippen LogP contribution in [0.15, 0.2) is 29.4 Å². The van der Waals surface area contributed by atoms with Gasteiger partial charge in [0.15, 0.2) is 5.96 Å². The van der Waals surface area contributed by atoms with Gasteiger partial charge >= 0.3 is 0 Å². The minimum absolute atomic E-state index is 0.155. The fourth-order valence-corrected chi connectivity index (χ4v) is 4.20. The van der Waals surface area contributed by atoms with Crippen molar-refractivity contribution >= 4 is 22.8 Å². The van der Waals surface area contributed by atoms with Gasteiger partial charge in [0.25, 0.3) is 0 Å². The number of benzene rings is 1. The van der Waals surface area contributed by atoms with Crippen LogP contribution in [-0.2, 0) is 11.2 Å². The number of H-pyrrole nitrogens is 1. The average Bonchev–Trinajstić information content (AvgIpc) is 3.16. The maximum atomic E-state index is 13.5. The number of rotatable bonds is 7. The van der Waals surface area contributed by atoms with Crippen LogP contribution in [0.25, 0.3) is 10.9 Å². The van der Waals surface area contributed by atoms with Crippen LogP contribution < -0.4 is 10.6 Å². The number of fused-ring (bicyclic) bond motifs is 1. The number of hydrogen-bond donors (Lipinski definition) is 3. The second-order valence-corrected chi connectivity index (χ2v) is 8.01. The molecule has 3 rings (SSSR count). The molecule has 0 aliphatic carbocycles. The molecule has 6 nitrogen and oxygen atoms in total. The van der Waals surface area contributed by atoms with Crippen molar-refractivity contribution in [1.82, 2.24) is 20.5 Å². The number of aromatic nitrogens is 1. The highest BCUT2D eigenvalue weighted by molar-refractivity contribution is 5.83. The standard InChI is InChI=1S/C23H34FN5O/c1-4-16(5-2)22(30)29-12-9-19(10-13-29)28-23(25-3)26-11-8-17-15-27-21-7-6-18(24)14-20(17)21/h6-7,14-16,19,27H,4-5,8-13H2,1-3H3,(H2,25,26,28). The van der Waals surface area contributed by atoms with Crippen molar-refractivity contribution < 1.29 is 9.18 Å². The van der Waals surface area contributed by atoms with Gasteiger partial charge in [-0.05, 0) is 55.9 Å². The summed E-state index contributed by atoms with van der Waals surface area (Å²) in [7, 11) is 1.77. The Balaban J connectivity index is 1.45. The molecule has 2 aromatic rings. The fraction of sp³-hybridized carbons (Fsp3) is 0.565. The van der Waals surface area contributed by atoms with Gasteiger partial charge in [-0.2, -0.15) is 0 Å². The van der Waals surface area contributed by atoms with Crippen LogP contribution in [0.5, 0.6) is 0 Å². The molecule has 0 bridgehead atoms. The van der Waals surface area contributed by atoms with E-state index in [1.54, 1.807) is 19.2 Å². The second kappa shape index (κ2) is 10.5. The number of halogens is 1. The molecule has 0 atom stereocenters. The third-order valence-corrected chi connectivity index (χ3v) is 6.12. The van der Waals surface area contributed by atoms with Crippen molar-refractivity contribution in [3.8, 4) is 0 Å². The largest absolute Gasteiger partial charge is 0.361 e. The molecule has 1 aromatic carbocycles. The van der Waals surface area contributed by atoms with Crippen molar-refractivity contribution in [2.45, 2.75) is 52.0 Å². The van der Waals surface area contributed by atoms with Gasteiger partial charge in [0.1, 0.15) is 5.82 Å². The van der Waals surface area contributed by atoms with E-state index in [0.29, 0.717) is 18.5 Å². The zero-order chi connectivity index (χ0) is 21.5. The monoisotopic (exact) mass is 415 g/mol. The zero-order valence-electron chi connectivity index (χ0n) is 18.3. The van der Waals surface area contributed by atoms with Crippen molar-refractivity contribution in [2.24, 2.45) is 10.9 Å². The van der Waals surface area contributed by atoms with Crippen LogP contribution in [0.3, 0.4) is 0 Å². The summed E-state index contributed by atoms with van der Waals surface area (Å²) >= 11 is 0. The number of hydrogen-bond acceptors (Lipinski definition) is 2. The predicted molar refractivity (Wildman–Crippen MR) is 120 cm³/mol. The summed E-state index contributed by atoms with van der Waals surface area (Å²) in [5.41, 5.74) is 2.03. The lowest BCUT2D eigenvalue weighted by Gasteiger charge is -2.34. The molecule has 1 aliphatic heterocycles. The van der Waals surface area contributed by atoms with Crippen LogP contribution in [0.1, 0.15) is 45.1 Å². The molecule has 1 saturated heterocycles. The topological polar surface area (TPSA) is 72.5 Å². The van der Waals surface area contributed by atoms with E-state index in [0.717, 1.165) is 67.6 Å². The van der Waals surface area contributed by atoms with Crippen molar-refractivity contribution in [1.29, 1.82) is 0 Å². The number of amides is 1. The van der Waals surface area contributed by atoms with E-state index in [1.165, 1.54) is 6.07 Å². The Morgan fingerprint density at radius 2 is 2.03 bits per heavy atom. The summed E-state index contributed by atoms with van der Waals surface area (Å²) in [6.07, 6.45) is 6.38. The van der Waals surface area contributed by atoms with Crippen LogP contribution in [0.2, 0.25) is 0 Å². The number of carbonyl (C=O) groups is 1. The minimum Gasteiger partial charge on any atom is -0.361 e. The fourth-order valence-electron chi connectivity index (χ4n) is 4.20. The number of likely N-dealkylation sites (tertiary alicyclic amines) is 1. The van der Waals surface area contributed by atoms with Gasteiger partial charge in [0.05, 0.1) is 0 Å². The quantitative estimate of drug-likeness (QED) is 0.479. The Kier molecular flexibility index (Phi) is 7.71. The van der Waals surface area contributed by atoms with Crippen molar-refractivity contribution in [2.75, 3.05) is 26.7 Å². The van der Waals surface area contributed by atoms with E-state index < -0.39 is 0 Å². The van der Waals surface area contributed by atoms with Gasteiger partial charge in [-0.1, -0.05) is 13.8 Å². The summed E-state index contributed by atoms with van der Waals surface area (Å²) in [5.74, 6) is 1.01. The molecule has 30 heavy (non-hydrogen) atoms. The van der Waals surface area contributed by atoms with Crippen LogP contribution in [0, 0.1) is 11.7 Å². The Morgan fingerprint density at radius 1 is 1.30 bits per heavy atom. The van der Waals surface area contributed by atoms with E-state index in [1.807, 2.05) is 11.1 Å². The smallest absolute Gasteiger partial charge is 0.225 e. The van der Waals surface area contributed by atoms with Crippen LogP contribution in [-0.4, -0.2) is 54.5 Å². The van der Waals surface area contributed by atoms with E-state index in [4.69, 9.17) is 0 Å². The Labute approximate surface area is 178 Å². The summed E-state index contributed by atoms with van der Waals surface area (Å²) < 4.78 is 13.5. The first-order valence-corrected chi connectivity index (χ1v) is 11.1. The molecule has 2 heterocycles. The molecule has 0 unspecified atom stereocenters. The number of guanidine groups is 1. The Bertz CT molecular complexity index is 866. The van der Waals surface area contributed by atoms with Crippen LogP contribution >= 0.6 is 0 Å². The number of aromatic amines is 1. The molecular formula is C23H34FN5O. The molecule has 1 aliphatic rings.